The zero-order chi connectivity index (χ0) is 12.4. The van der Waals surface area contributed by atoms with Crippen LogP contribution in [0, 0.1) is 0 Å². The van der Waals surface area contributed by atoms with Crippen LogP contribution in [0.4, 0.5) is 5.13 Å². The van der Waals surface area contributed by atoms with E-state index in [2.05, 4.69) is 29.2 Å². The summed E-state index contributed by atoms with van der Waals surface area (Å²) in [6.45, 7) is 1.90. The van der Waals surface area contributed by atoms with E-state index in [0.29, 0.717) is 6.04 Å². The van der Waals surface area contributed by atoms with E-state index in [1.54, 1.807) is 0 Å². The lowest BCUT2D eigenvalue weighted by molar-refractivity contribution is 0.441. The summed E-state index contributed by atoms with van der Waals surface area (Å²) in [7, 11) is 0. The molecule has 0 amide bonds. The van der Waals surface area contributed by atoms with Gasteiger partial charge in [-0.1, -0.05) is 23.5 Å². The molecule has 1 unspecified atom stereocenters. The predicted molar refractivity (Wildman–Crippen MR) is 78.3 cm³/mol. The standard InChI is InChI=1S/C14H19N3S/c15-9-8-11-5-3-4-10-17(11)14-16-12-6-1-2-7-13(12)18-14/h1-2,6-7,11H,3-5,8-10,15H2. The van der Waals surface area contributed by atoms with Crippen LogP contribution in [0.15, 0.2) is 24.3 Å². The van der Waals surface area contributed by atoms with E-state index < -0.39 is 0 Å². The van der Waals surface area contributed by atoms with Gasteiger partial charge in [0.2, 0.25) is 0 Å². The molecule has 1 fully saturated rings. The Labute approximate surface area is 112 Å². The number of thiazole rings is 1. The molecular weight excluding hydrogens is 242 g/mol. The van der Waals surface area contributed by atoms with Gasteiger partial charge in [-0.15, -0.1) is 0 Å². The highest BCUT2D eigenvalue weighted by atomic mass is 32.1. The van der Waals surface area contributed by atoms with Crippen LogP contribution in [0.25, 0.3) is 10.2 Å². The van der Waals surface area contributed by atoms with E-state index in [4.69, 9.17) is 10.7 Å². The fourth-order valence-electron chi connectivity index (χ4n) is 2.73. The number of benzene rings is 1. The van der Waals surface area contributed by atoms with E-state index in [-0.39, 0.29) is 0 Å². The highest BCUT2D eigenvalue weighted by Gasteiger charge is 2.24. The van der Waals surface area contributed by atoms with Gasteiger partial charge < -0.3 is 10.6 Å². The molecule has 1 aliphatic rings. The van der Waals surface area contributed by atoms with Crippen LogP contribution >= 0.6 is 11.3 Å². The second-order valence-electron chi connectivity index (χ2n) is 4.88. The van der Waals surface area contributed by atoms with Gasteiger partial charge in [-0.25, -0.2) is 4.98 Å². The quantitative estimate of drug-likeness (QED) is 0.923. The number of para-hydroxylation sites is 1. The molecule has 3 rings (SSSR count). The lowest BCUT2D eigenvalue weighted by Crippen LogP contribution is -2.40. The molecule has 2 N–H and O–H groups in total. The molecule has 2 heterocycles. The van der Waals surface area contributed by atoms with Crippen LogP contribution < -0.4 is 10.6 Å². The van der Waals surface area contributed by atoms with E-state index in [1.165, 1.54) is 29.1 Å². The van der Waals surface area contributed by atoms with Gasteiger partial charge in [-0.3, -0.25) is 0 Å². The Kier molecular flexibility index (Phi) is 3.48. The van der Waals surface area contributed by atoms with E-state index in [9.17, 15) is 0 Å². The van der Waals surface area contributed by atoms with Crippen LogP contribution in [0.1, 0.15) is 25.7 Å². The molecule has 96 valence electrons. The zero-order valence-corrected chi connectivity index (χ0v) is 11.3. The van der Waals surface area contributed by atoms with Gasteiger partial charge in [0.15, 0.2) is 5.13 Å². The lowest BCUT2D eigenvalue weighted by Gasteiger charge is -2.35. The second-order valence-corrected chi connectivity index (χ2v) is 5.89. The van der Waals surface area contributed by atoms with Crippen molar-refractivity contribution in [1.82, 2.24) is 4.98 Å². The van der Waals surface area contributed by atoms with Gasteiger partial charge in [0.05, 0.1) is 10.2 Å². The lowest BCUT2D eigenvalue weighted by atomic mass is 10.0. The summed E-state index contributed by atoms with van der Waals surface area (Å²) in [6, 6.07) is 8.97. The SMILES string of the molecule is NCCC1CCCCN1c1nc2ccccc2s1. The minimum absolute atomic E-state index is 0.587. The Hall–Kier alpha value is -1.13. The molecule has 0 saturated carbocycles. The summed E-state index contributed by atoms with van der Waals surface area (Å²) >= 11 is 1.81. The molecule has 1 aromatic heterocycles. The molecule has 1 atom stereocenters. The van der Waals surface area contributed by atoms with Crippen molar-refractivity contribution in [3.63, 3.8) is 0 Å². The molecular formula is C14H19N3S. The largest absolute Gasteiger partial charge is 0.345 e. The van der Waals surface area contributed by atoms with E-state index in [0.717, 1.165) is 25.0 Å². The van der Waals surface area contributed by atoms with Crippen molar-refractivity contribution < 1.29 is 0 Å². The Morgan fingerprint density at radius 2 is 2.22 bits per heavy atom. The normalized spacial score (nSPS) is 20.5. The van der Waals surface area contributed by atoms with Crippen molar-refractivity contribution in [3.05, 3.63) is 24.3 Å². The first-order valence-corrected chi connectivity index (χ1v) is 7.52. The summed E-state index contributed by atoms with van der Waals surface area (Å²) in [4.78, 5) is 7.25. The maximum Gasteiger partial charge on any atom is 0.186 e. The van der Waals surface area contributed by atoms with Gasteiger partial charge in [-0.05, 0) is 44.4 Å². The van der Waals surface area contributed by atoms with Gasteiger partial charge in [0, 0.05) is 12.6 Å². The van der Waals surface area contributed by atoms with Crippen molar-refractivity contribution in [2.24, 2.45) is 5.73 Å². The highest BCUT2D eigenvalue weighted by Crippen LogP contribution is 2.33. The third kappa shape index (κ3) is 2.22. The van der Waals surface area contributed by atoms with Crippen LogP contribution in [0.5, 0.6) is 0 Å². The summed E-state index contributed by atoms with van der Waals surface area (Å²) in [5.41, 5.74) is 6.85. The minimum atomic E-state index is 0.587. The number of hydrogen-bond donors (Lipinski definition) is 1. The van der Waals surface area contributed by atoms with Gasteiger partial charge >= 0.3 is 0 Å². The molecule has 2 aromatic rings. The topological polar surface area (TPSA) is 42.1 Å². The maximum absolute atomic E-state index is 5.73. The van der Waals surface area contributed by atoms with Crippen molar-refractivity contribution in [2.75, 3.05) is 18.0 Å². The number of hydrogen-bond acceptors (Lipinski definition) is 4. The van der Waals surface area contributed by atoms with Crippen LogP contribution in [0.3, 0.4) is 0 Å². The Morgan fingerprint density at radius 3 is 3.06 bits per heavy atom. The first kappa shape index (κ1) is 11.9. The van der Waals surface area contributed by atoms with Crippen LogP contribution in [-0.2, 0) is 0 Å². The van der Waals surface area contributed by atoms with E-state index in [1.807, 2.05) is 11.3 Å². The van der Waals surface area contributed by atoms with Gasteiger partial charge in [0.25, 0.3) is 0 Å². The van der Waals surface area contributed by atoms with Crippen LogP contribution in [0.2, 0.25) is 0 Å². The van der Waals surface area contributed by atoms with Crippen molar-refractivity contribution in [3.8, 4) is 0 Å². The summed E-state index contributed by atoms with van der Waals surface area (Å²) in [6.07, 6.45) is 4.94. The Balaban J connectivity index is 1.91. The number of aromatic nitrogens is 1. The molecule has 18 heavy (non-hydrogen) atoms. The Bertz CT molecular complexity index is 487. The van der Waals surface area contributed by atoms with Crippen LogP contribution in [-0.4, -0.2) is 24.1 Å². The fraction of sp³-hybridized carbons (Fsp3) is 0.500. The molecule has 1 aliphatic heterocycles. The zero-order valence-electron chi connectivity index (χ0n) is 10.5. The third-order valence-electron chi connectivity index (χ3n) is 3.66. The van der Waals surface area contributed by atoms with Crippen molar-refractivity contribution in [2.45, 2.75) is 31.7 Å². The average molecular weight is 261 g/mol. The number of fused-ring (bicyclic) bond motifs is 1. The predicted octanol–water partition coefficient (Wildman–Crippen LogP) is 3.00. The average Bonchev–Trinajstić information content (AvgIpc) is 2.83. The number of anilines is 1. The number of piperidine rings is 1. The highest BCUT2D eigenvalue weighted by molar-refractivity contribution is 7.22. The monoisotopic (exact) mass is 261 g/mol. The third-order valence-corrected chi connectivity index (χ3v) is 4.73. The first-order valence-electron chi connectivity index (χ1n) is 6.71. The number of nitrogens with two attached hydrogens (primary N) is 1. The molecule has 0 aliphatic carbocycles. The first-order chi connectivity index (χ1) is 8.88. The van der Waals surface area contributed by atoms with Crippen molar-refractivity contribution >= 4 is 26.7 Å². The maximum atomic E-state index is 5.73. The summed E-state index contributed by atoms with van der Waals surface area (Å²) < 4.78 is 1.28. The van der Waals surface area contributed by atoms with Gasteiger partial charge in [0.1, 0.15) is 0 Å². The summed E-state index contributed by atoms with van der Waals surface area (Å²) in [5.74, 6) is 0. The molecule has 1 aromatic carbocycles. The molecule has 1 saturated heterocycles. The van der Waals surface area contributed by atoms with Gasteiger partial charge in [-0.2, -0.15) is 0 Å². The molecule has 0 radical (unpaired) electrons. The smallest absolute Gasteiger partial charge is 0.186 e. The number of rotatable bonds is 3. The molecule has 0 spiro atoms. The summed E-state index contributed by atoms with van der Waals surface area (Å²) in [5, 5.41) is 1.18. The molecule has 0 bridgehead atoms. The fourth-order valence-corrected chi connectivity index (χ4v) is 3.79. The Morgan fingerprint density at radius 1 is 1.33 bits per heavy atom. The van der Waals surface area contributed by atoms with E-state index >= 15 is 0 Å². The molecule has 4 heteroatoms. The van der Waals surface area contributed by atoms with Crippen molar-refractivity contribution in [1.29, 1.82) is 0 Å². The number of nitrogens with zero attached hydrogens (tertiary/aromatic N) is 2. The second kappa shape index (κ2) is 5.24. The molecule has 3 nitrogen and oxygen atoms in total. The minimum Gasteiger partial charge on any atom is -0.345 e.